The van der Waals surface area contributed by atoms with Gasteiger partial charge in [0.2, 0.25) is 0 Å². The lowest BCUT2D eigenvalue weighted by atomic mass is 10.1. The topological polar surface area (TPSA) is 121 Å². The van der Waals surface area contributed by atoms with Crippen LogP contribution in [0.5, 0.6) is 0 Å². The molecule has 128 valence electrons. The number of hydrogen-bond acceptors (Lipinski definition) is 2. The molecule has 0 bridgehead atoms. The van der Waals surface area contributed by atoms with E-state index in [1.807, 2.05) is 0 Å². The van der Waals surface area contributed by atoms with E-state index in [0.29, 0.717) is 0 Å². The van der Waals surface area contributed by atoms with Crippen molar-refractivity contribution in [1.82, 2.24) is 0 Å². The zero-order valence-corrected chi connectivity index (χ0v) is 15.3. The van der Waals surface area contributed by atoms with Gasteiger partial charge in [0, 0.05) is 0 Å². The van der Waals surface area contributed by atoms with E-state index in [0.717, 1.165) is 6.42 Å². The van der Waals surface area contributed by atoms with Gasteiger partial charge in [-0.25, -0.2) is 0 Å². The van der Waals surface area contributed by atoms with Gasteiger partial charge < -0.3 is 29.4 Å². The Labute approximate surface area is 144 Å². The Morgan fingerprint density at radius 2 is 0.783 bits per heavy atom. The van der Waals surface area contributed by atoms with Crippen LogP contribution < -0.4 is 0 Å². The number of rotatable bonds is 2. The summed E-state index contributed by atoms with van der Waals surface area (Å²) in [5.41, 5.74) is 2.74. The quantitative estimate of drug-likeness (QED) is 0.424. The molecule has 10 heteroatoms. The summed E-state index contributed by atoms with van der Waals surface area (Å²) in [4.78, 5) is 45.3. The molecule has 0 atom stereocenters. The van der Waals surface area contributed by atoms with Crippen LogP contribution in [0, 0.1) is 0 Å². The van der Waals surface area contributed by atoms with Gasteiger partial charge >= 0.3 is 13.4 Å². The molecule has 0 saturated carbocycles. The normalized spacial score (nSPS) is 10.7. The van der Waals surface area contributed by atoms with Crippen LogP contribution in [0.15, 0.2) is 60.7 Å². The van der Waals surface area contributed by atoms with Gasteiger partial charge in [-0.15, -0.1) is 0 Å². The van der Waals surface area contributed by atoms with Crippen LogP contribution in [0.3, 0.4) is 0 Å². The van der Waals surface area contributed by atoms with Gasteiger partial charge in [-0.05, 0) is 41.2 Å². The fourth-order valence-electron chi connectivity index (χ4n) is 1.43. The van der Waals surface area contributed by atoms with Crippen molar-refractivity contribution in [3.8, 4) is 0 Å². The average molecular weight is 396 g/mol. The van der Waals surface area contributed by atoms with E-state index >= 15 is 0 Å². The third-order valence-corrected chi connectivity index (χ3v) is 2.09. The summed E-state index contributed by atoms with van der Waals surface area (Å²) in [7, 11) is 0. The van der Waals surface area contributed by atoms with Gasteiger partial charge in [0.25, 0.3) is 0 Å². The molecule has 0 aromatic heterocycles. The van der Waals surface area contributed by atoms with Crippen LogP contribution in [0.4, 0.5) is 0 Å². The summed E-state index contributed by atoms with van der Waals surface area (Å²) >= 11 is 7.21. The summed E-state index contributed by atoms with van der Waals surface area (Å²) in [5, 5.41) is 0. The van der Waals surface area contributed by atoms with Crippen molar-refractivity contribution in [2.24, 2.45) is 0 Å². The molecule has 0 aliphatic carbocycles. The fourth-order valence-corrected chi connectivity index (χ4v) is 1.43. The van der Waals surface area contributed by atoms with Crippen LogP contribution in [-0.4, -0.2) is 29.4 Å². The molecule has 0 radical (unpaired) electrons. The maximum absolute atomic E-state index is 7.56. The molecule has 0 aliphatic heterocycles. The summed E-state index contributed by atoms with van der Waals surface area (Å²) < 4.78 is 0. The van der Waals surface area contributed by atoms with E-state index in [2.05, 4.69) is 84.3 Å². The third kappa shape index (κ3) is 21.5. The van der Waals surface area contributed by atoms with Crippen molar-refractivity contribution in [2.75, 3.05) is 0 Å². The molecule has 2 aromatic rings. The second-order valence-electron chi connectivity index (χ2n) is 4.17. The molecule has 2 rings (SSSR count). The summed E-state index contributed by atoms with van der Waals surface area (Å²) in [6.07, 6.45) is 1.03. The Morgan fingerprint density at radius 3 is 1.00 bits per heavy atom. The van der Waals surface area contributed by atoms with E-state index < -0.39 is 13.4 Å². The highest BCUT2D eigenvalue weighted by Gasteiger charge is 1.93. The second kappa shape index (κ2) is 11.1. The van der Waals surface area contributed by atoms with E-state index in [1.165, 1.54) is 11.1 Å². The van der Waals surface area contributed by atoms with Crippen LogP contribution >= 0.6 is 13.4 Å². The minimum Gasteiger partial charge on any atom is -0.325 e. The van der Waals surface area contributed by atoms with Crippen LogP contribution in [0.1, 0.15) is 11.1 Å². The largest absolute Gasteiger partial charge is 0.325 e. The summed E-state index contributed by atoms with van der Waals surface area (Å²) in [6.45, 7) is -7.61. The lowest BCUT2D eigenvalue weighted by molar-refractivity contribution is 0.361. The Morgan fingerprint density at radius 1 is 0.565 bits per heavy atom. The zero-order valence-electron chi connectivity index (χ0n) is 11.9. The van der Waals surface area contributed by atoms with Crippen molar-refractivity contribution < 1.29 is 29.4 Å². The van der Waals surface area contributed by atoms with E-state index in [4.69, 9.17) is 29.4 Å². The lowest BCUT2D eigenvalue weighted by Crippen LogP contribution is -1.85. The van der Waals surface area contributed by atoms with Gasteiger partial charge in [0.05, 0.1) is 0 Å². The molecule has 0 saturated heterocycles. The lowest BCUT2D eigenvalue weighted by Gasteiger charge is -2.00. The minimum atomic E-state index is -3.81. The zero-order chi connectivity index (χ0) is 17.9. The van der Waals surface area contributed by atoms with Crippen LogP contribution in [0.25, 0.3) is 0 Å². The van der Waals surface area contributed by atoms with E-state index in [1.54, 1.807) is 0 Å². The molecular formula is C13H18O6P2S2. The maximum Gasteiger partial charge on any atom is 0.319 e. The SMILES string of the molecule is OP(O)(O)=S.OP(O)(O)=S.c1ccc(Cc2ccccc2)cc1. The number of benzene rings is 2. The number of hydrogen-bond donors (Lipinski definition) is 6. The average Bonchev–Trinajstić information content (AvgIpc) is 2.37. The Balaban J connectivity index is 0.000000406. The monoisotopic (exact) mass is 396 g/mol. The van der Waals surface area contributed by atoms with Gasteiger partial charge in [0.1, 0.15) is 0 Å². The Bertz CT molecular complexity index is 568. The standard InChI is InChI=1S/C13H12.2H3O3PS/c1-3-7-12(8-4-1)11-13-9-5-2-6-10-13;2*1-4(2,3)5/h1-10H,11H2;2*(H3,1,2,3,5). The first-order valence-corrected chi connectivity index (χ1v) is 11.4. The fraction of sp³-hybridized carbons (Fsp3) is 0.0769. The molecule has 23 heavy (non-hydrogen) atoms. The Hall–Kier alpha value is -0.500. The smallest absolute Gasteiger partial charge is 0.319 e. The first-order chi connectivity index (χ1) is 10.4. The molecule has 6 nitrogen and oxygen atoms in total. The molecule has 0 unspecified atom stereocenters. The van der Waals surface area contributed by atoms with Crippen molar-refractivity contribution in [3.05, 3.63) is 71.8 Å². The van der Waals surface area contributed by atoms with Gasteiger partial charge in [-0.1, -0.05) is 60.7 Å². The van der Waals surface area contributed by atoms with Gasteiger partial charge in [-0.3, -0.25) is 0 Å². The second-order valence-corrected chi connectivity index (χ2v) is 9.17. The first-order valence-electron chi connectivity index (χ1n) is 6.09. The molecule has 0 spiro atoms. The van der Waals surface area contributed by atoms with Gasteiger partial charge in [-0.2, -0.15) is 0 Å². The summed E-state index contributed by atoms with van der Waals surface area (Å²) in [5.74, 6) is 0. The molecule has 0 amide bonds. The molecule has 0 fully saturated rings. The predicted octanol–water partition coefficient (Wildman–Crippen LogP) is 1.65. The summed E-state index contributed by atoms with van der Waals surface area (Å²) in [6, 6.07) is 21.1. The highest BCUT2D eigenvalue weighted by molar-refractivity contribution is 8.06. The minimum absolute atomic E-state index is 1.03. The first kappa shape index (κ1) is 22.5. The van der Waals surface area contributed by atoms with E-state index in [9.17, 15) is 0 Å². The maximum atomic E-state index is 7.56. The van der Waals surface area contributed by atoms with Gasteiger partial charge in [0.15, 0.2) is 0 Å². The Kier molecular flexibility index (Phi) is 10.9. The van der Waals surface area contributed by atoms with Crippen molar-refractivity contribution in [1.29, 1.82) is 0 Å². The van der Waals surface area contributed by atoms with Crippen molar-refractivity contribution in [2.45, 2.75) is 6.42 Å². The molecular weight excluding hydrogens is 378 g/mol. The predicted molar refractivity (Wildman–Crippen MR) is 97.6 cm³/mol. The highest BCUT2D eigenvalue weighted by Crippen LogP contribution is 2.26. The molecule has 2 aromatic carbocycles. The van der Waals surface area contributed by atoms with E-state index in [-0.39, 0.29) is 0 Å². The van der Waals surface area contributed by atoms with Crippen LogP contribution in [0.2, 0.25) is 0 Å². The van der Waals surface area contributed by atoms with Crippen molar-refractivity contribution in [3.63, 3.8) is 0 Å². The van der Waals surface area contributed by atoms with Crippen molar-refractivity contribution >= 4 is 37.1 Å². The molecule has 0 aliphatic rings. The molecule has 6 N–H and O–H groups in total. The molecule has 0 heterocycles. The van der Waals surface area contributed by atoms with Crippen LogP contribution in [-0.2, 0) is 30.0 Å². The third-order valence-electron chi connectivity index (χ3n) is 2.09. The highest BCUT2D eigenvalue weighted by atomic mass is 32.5.